The molecule has 8 heteroatoms. The van der Waals surface area contributed by atoms with E-state index in [0.29, 0.717) is 13.1 Å². The van der Waals surface area contributed by atoms with Gasteiger partial charge in [0.1, 0.15) is 12.4 Å². The number of nitrogens with zero attached hydrogens (tertiary/aromatic N) is 5. The Balaban J connectivity index is 1.64. The minimum atomic E-state index is -0.272. The van der Waals surface area contributed by atoms with E-state index >= 15 is 0 Å². The number of nitrogens with one attached hydrogen (secondary N) is 1. The first-order valence-corrected chi connectivity index (χ1v) is 9.10. The maximum absolute atomic E-state index is 9.81. The van der Waals surface area contributed by atoms with Crippen molar-refractivity contribution in [2.45, 2.75) is 32.4 Å². The molecule has 0 saturated carbocycles. The van der Waals surface area contributed by atoms with Crippen molar-refractivity contribution in [3.8, 4) is 0 Å². The number of aliphatic hydroxyl groups is 1. The van der Waals surface area contributed by atoms with Crippen LogP contribution in [0.5, 0.6) is 0 Å². The molecule has 0 amide bonds. The summed E-state index contributed by atoms with van der Waals surface area (Å²) in [7, 11) is 1.95. The van der Waals surface area contributed by atoms with Crippen molar-refractivity contribution in [2.75, 3.05) is 19.6 Å². The summed E-state index contributed by atoms with van der Waals surface area (Å²) in [4.78, 5) is 8.17. The van der Waals surface area contributed by atoms with Crippen LogP contribution in [0.3, 0.4) is 0 Å². The number of aromatic nitrogens is 3. The minimum absolute atomic E-state index is 0.272. The molecule has 0 spiro atoms. The fraction of sp³-hybridized carbons (Fsp3) is 0.562. The summed E-state index contributed by atoms with van der Waals surface area (Å²) in [6.45, 7) is 4.68. The average Bonchev–Trinajstić information content (AvgIpc) is 3.29. The lowest BCUT2D eigenvalue weighted by Crippen LogP contribution is -2.41. The maximum atomic E-state index is 9.81. The third-order valence-electron chi connectivity index (χ3n) is 4.25. The quantitative estimate of drug-likeness (QED) is 0.621. The molecule has 1 atom stereocenters. The number of aliphatic imine (C=N–C) groups is 1. The lowest BCUT2D eigenvalue weighted by atomic mass is 10.3. The van der Waals surface area contributed by atoms with Gasteiger partial charge in [-0.05, 0) is 31.2 Å². The molecule has 2 aromatic heterocycles. The molecule has 3 rings (SSSR count). The summed E-state index contributed by atoms with van der Waals surface area (Å²) in [6, 6.07) is 4.22. The second-order valence-corrected chi connectivity index (χ2v) is 7.04. The van der Waals surface area contributed by atoms with Gasteiger partial charge in [-0.25, -0.2) is 4.99 Å². The van der Waals surface area contributed by atoms with E-state index in [0.717, 1.165) is 43.5 Å². The van der Waals surface area contributed by atoms with E-state index < -0.39 is 0 Å². The van der Waals surface area contributed by atoms with Crippen LogP contribution in [0.4, 0.5) is 0 Å². The van der Waals surface area contributed by atoms with Crippen LogP contribution in [0.1, 0.15) is 22.9 Å². The Hall–Kier alpha value is -1.93. The maximum Gasteiger partial charge on any atom is 0.194 e. The van der Waals surface area contributed by atoms with Crippen LogP contribution in [0, 0.1) is 6.92 Å². The van der Waals surface area contributed by atoms with Crippen molar-refractivity contribution in [1.29, 1.82) is 0 Å². The Morgan fingerprint density at radius 1 is 1.50 bits per heavy atom. The zero-order valence-corrected chi connectivity index (χ0v) is 15.0. The number of aliphatic hydroxyl groups excluding tert-OH is 1. The first-order valence-electron chi connectivity index (χ1n) is 8.22. The van der Waals surface area contributed by atoms with Gasteiger partial charge in [0.15, 0.2) is 11.8 Å². The number of thiophene rings is 1. The highest BCUT2D eigenvalue weighted by atomic mass is 32.1. The van der Waals surface area contributed by atoms with Crippen LogP contribution in [0.15, 0.2) is 22.5 Å². The Morgan fingerprint density at radius 2 is 2.38 bits per heavy atom. The van der Waals surface area contributed by atoms with Crippen molar-refractivity contribution in [2.24, 2.45) is 12.0 Å². The molecule has 1 aliphatic rings. The highest BCUT2D eigenvalue weighted by Crippen LogP contribution is 2.11. The van der Waals surface area contributed by atoms with Gasteiger partial charge in [0, 0.05) is 31.6 Å². The zero-order valence-electron chi connectivity index (χ0n) is 14.1. The number of guanidine groups is 1. The molecule has 1 aliphatic heterocycles. The number of hydrogen-bond acceptors (Lipinski definition) is 5. The van der Waals surface area contributed by atoms with Crippen molar-refractivity contribution in [1.82, 2.24) is 25.0 Å². The molecular weight excluding hydrogens is 324 g/mol. The molecule has 2 N–H and O–H groups in total. The standard InChI is InChI=1S/C16H24N6OS/c1-12-19-20-15(21(12)2)10-18-16(22-8-6-13(23)11-22)17-7-5-14-4-3-9-24-14/h3-4,9,13,23H,5-8,10-11H2,1-2H3,(H,17,18)/t13-/m1/s1. The van der Waals surface area contributed by atoms with Gasteiger partial charge in [-0.1, -0.05) is 6.07 Å². The number of β-amino-alcohol motifs (C(OH)–C–C–N with tert-alkyl or cyclic N) is 1. The van der Waals surface area contributed by atoms with E-state index in [1.54, 1.807) is 11.3 Å². The average molecular weight is 348 g/mol. The topological polar surface area (TPSA) is 78.6 Å². The van der Waals surface area contributed by atoms with Crippen LogP contribution in [-0.4, -0.2) is 56.5 Å². The summed E-state index contributed by atoms with van der Waals surface area (Å²) in [5.74, 6) is 2.55. The van der Waals surface area contributed by atoms with Gasteiger partial charge < -0.3 is 19.9 Å². The van der Waals surface area contributed by atoms with Gasteiger partial charge in [-0.2, -0.15) is 0 Å². The van der Waals surface area contributed by atoms with Crippen LogP contribution >= 0.6 is 11.3 Å². The molecule has 24 heavy (non-hydrogen) atoms. The summed E-state index contributed by atoms with van der Waals surface area (Å²) in [6.07, 6.45) is 1.48. The molecule has 0 aromatic carbocycles. The van der Waals surface area contributed by atoms with E-state index in [-0.39, 0.29) is 6.10 Å². The summed E-state index contributed by atoms with van der Waals surface area (Å²) in [5, 5.41) is 23.6. The number of likely N-dealkylation sites (tertiary alicyclic amines) is 1. The highest BCUT2D eigenvalue weighted by Gasteiger charge is 2.23. The molecule has 1 saturated heterocycles. The van der Waals surface area contributed by atoms with Gasteiger partial charge in [0.2, 0.25) is 0 Å². The van der Waals surface area contributed by atoms with Crippen LogP contribution < -0.4 is 5.32 Å². The Morgan fingerprint density at radius 3 is 3.00 bits per heavy atom. The lowest BCUT2D eigenvalue weighted by molar-refractivity contribution is 0.187. The van der Waals surface area contributed by atoms with Crippen molar-refractivity contribution < 1.29 is 5.11 Å². The third kappa shape index (κ3) is 4.12. The van der Waals surface area contributed by atoms with Gasteiger partial charge in [0.25, 0.3) is 0 Å². The SMILES string of the molecule is Cc1nnc(CN=C(NCCc2cccs2)N2CC[C@@H](O)C2)n1C. The van der Waals surface area contributed by atoms with E-state index in [2.05, 4.69) is 37.9 Å². The fourth-order valence-electron chi connectivity index (χ4n) is 2.69. The molecule has 7 nitrogen and oxygen atoms in total. The smallest absolute Gasteiger partial charge is 0.194 e. The number of aryl methyl sites for hydroxylation is 1. The zero-order chi connectivity index (χ0) is 16.9. The second kappa shape index (κ2) is 7.76. The van der Waals surface area contributed by atoms with E-state index in [9.17, 15) is 5.11 Å². The predicted octanol–water partition coefficient (Wildman–Crippen LogP) is 0.940. The van der Waals surface area contributed by atoms with Crippen molar-refractivity contribution in [3.63, 3.8) is 0 Å². The van der Waals surface area contributed by atoms with E-state index in [4.69, 9.17) is 4.99 Å². The largest absolute Gasteiger partial charge is 0.391 e. The van der Waals surface area contributed by atoms with Gasteiger partial charge in [0.05, 0.1) is 6.10 Å². The Kier molecular flexibility index (Phi) is 5.47. The van der Waals surface area contributed by atoms with Crippen molar-refractivity contribution in [3.05, 3.63) is 34.0 Å². The number of rotatable bonds is 5. The molecule has 0 aliphatic carbocycles. The van der Waals surface area contributed by atoms with Crippen LogP contribution in [0.2, 0.25) is 0 Å². The summed E-state index contributed by atoms with van der Waals surface area (Å²) < 4.78 is 1.95. The molecule has 0 radical (unpaired) electrons. The first-order chi connectivity index (χ1) is 11.6. The number of hydrogen-bond donors (Lipinski definition) is 2. The minimum Gasteiger partial charge on any atom is -0.391 e. The van der Waals surface area contributed by atoms with Gasteiger partial charge >= 0.3 is 0 Å². The van der Waals surface area contributed by atoms with Crippen molar-refractivity contribution >= 4 is 17.3 Å². The Labute approximate surface area is 146 Å². The van der Waals surface area contributed by atoms with E-state index in [1.807, 2.05) is 18.5 Å². The lowest BCUT2D eigenvalue weighted by Gasteiger charge is -2.21. The predicted molar refractivity (Wildman–Crippen MR) is 95.1 cm³/mol. The first kappa shape index (κ1) is 16.9. The molecule has 0 bridgehead atoms. The Bertz CT molecular complexity index is 681. The van der Waals surface area contributed by atoms with Gasteiger partial charge in [-0.3, -0.25) is 0 Å². The molecule has 3 heterocycles. The van der Waals surface area contributed by atoms with Crippen LogP contribution in [-0.2, 0) is 20.0 Å². The molecule has 2 aromatic rings. The monoisotopic (exact) mass is 348 g/mol. The highest BCUT2D eigenvalue weighted by molar-refractivity contribution is 7.09. The molecule has 130 valence electrons. The second-order valence-electron chi connectivity index (χ2n) is 6.01. The summed E-state index contributed by atoms with van der Waals surface area (Å²) in [5.41, 5.74) is 0. The normalized spacial score (nSPS) is 18.4. The van der Waals surface area contributed by atoms with Gasteiger partial charge in [-0.15, -0.1) is 21.5 Å². The molecule has 1 fully saturated rings. The molecular formula is C16H24N6OS. The molecule has 0 unspecified atom stereocenters. The van der Waals surface area contributed by atoms with E-state index in [1.165, 1.54) is 4.88 Å². The third-order valence-corrected chi connectivity index (χ3v) is 5.19. The van der Waals surface area contributed by atoms with Crippen LogP contribution in [0.25, 0.3) is 0 Å². The summed E-state index contributed by atoms with van der Waals surface area (Å²) >= 11 is 1.77. The fourth-order valence-corrected chi connectivity index (χ4v) is 3.40.